The van der Waals surface area contributed by atoms with E-state index in [1.165, 1.54) is 4.68 Å². The highest BCUT2D eigenvalue weighted by Gasteiger charge is 2.33. The van der Waals surface area contributed by atoms with Crippen molar-refractivity contribution in [3.8, 4) is 5.88 Å². The fourth-order valence-electron chi connectivity index (χ4n) is 3.38. The summed E-state index contributed by atoms with van der Waals surface area (Å²) in [6, 6.07) is 9.21. The monoisotopic (exact) mass is 322 g/mol. The highest BCUT2D eigenvalue weighted by atomic mass is 16.3. The molecule has 4 rings (SSSR count). The van der Waals surface area contributed by atoms with Crippen molar-refractivity contribution in [1.29, 1.82) is 0 Å². The molecule has 1 N–H and O–H groups in total. The van der Waals surface area contributed by atoms with E-state index in [9.17, 15) is 9.90 Å². The lowest BCUT2D eigenvalue weighted by Crippen LogP contribution is -2.38. The Kier molecular flexibility index (Phi) is 3.26. The molecule has 2 aromatic heterocycles. The maximum Gasteiger partial charge on any atom is 0.254 e. The normalized spacial score (nSPS) is 17.1. The number of aromatic nitrogens is 3. The Labute approximate surface area is 139 Å². The molecule has 3 heterocycles. The van der Waals surface area contributed by atoms with E-state index in [0.717, 1.165) is 22.2 Å². The van der Waals surface area contributed by atoms with Gasteiger partial charge in [0.1, 0.15) is 0 Å². The van der Waals surface area contributed by atoms with E-state index in [2.05, 4.69) is 10.1 Å². The summed E-state index contributed by atoms with van der Waals surface area (Å²) < 4.78 is 1.47. The molecule has 0 aliphatic carbocycles. The van der Waals surface area contributed by atoms with Gasteiger partial charge in [0.05, 0.1) is 17.3 Å². The maximum atomic E-state index is 13.0. The van der Waals surface area contributed by atoms with E-state index < -0.39 is 0 Å². The lowest BCUT2D eigenvalue weighted by Gasteiger charge is -2.32. The lowest BCUT2D eigenvalue weighted by atomic mass is 9.99. The second-order valence-corrected chi connectivity index (χ2v) is 6.15. The van der Waals surface area contributed by atoms with Crippen molar-refractivity contribution in [3.63, 3.8) is 0 Å². The van der Waals surface area contributed by atoms with E-state index in [1.54, 1.807) is 13.2 Å². The van der Waals surface area contributed by atoms with Crippen molar-refractivity contribution in [3.05, 3.63) is 53.3 Å². The van der Waals surface area contributed by atoms with E-state index in [4.69, 9.17) is 0 Å². The molecule has 24 heavy (non-hydrogen) atoms. The summed E-state index contributed by atoms with van der Waals surface area (Å²) in [7, 11) is 1.71. The maximum absolute atomic E-state index is 13.0. The first-order chi connectivity index (χ1) is 11.6. The molecule has 1 aliphatic rings. The number of aromatic hydroxyl groups is 1. The molecule has 6 heteroatoms. The van der Waals surface area contributed by atoms with Gasteiger partial charge in [-0.25, -0.2) is 4.68 Å². The van der Waals surface area contributed by atoms with Gasteiger partial charge in [-0.2, -0.15) is 5.10 Å². The molecule has 0 spiro atoms. The zero-order valence-electron chi connectivity index (χ0n) is 13.6. The highest BCUT2D eigenvalue weighted by molar-refractivity contribution is 5.98. The quantitative estimate of drug-likeness (QED) is 0.747. The third kappa shape index (κ3) is 2.14. The Bertz CT molecular complexity index is 947. The molecule has 0 saturated heterocycles. The Hall–Kier alpha value is -2.89. The summed E-state index contributed by atoms with van der Waals surface area (Å²) >= 11 is 0. The molecular formula is C18H18N4O2. The van der Waals surface area contributed by atoms with Crippen LogP contribution in [0.4, 0.5) is 0 Å². The van der Waals surface area contributed by atoms with Crippen LogP contribution in [0.2, 0.25) is 0 Å². The predicted octanol–water partition coefficient (Wildman–Crippen LogP) is 2.43. The molecule has 1 unspecified atom stereocenters. The number of rotatable bonds is 1. The molecule has 122 valence electrons. The van der Waals surface area contributed by atoms with Gasteiger partial charge in [0.15, 0.2) is 0 Å². The molecule has 3 aromatic rings. The summed E-state index contributed by atoms with van der Waals surface area (Å²) in [6.07, 6.45) is 2.35. The van der Waals surface area contributed by atoms with Crippen LogP contribution in [-0.4, -0.2) is 37.2 Å². The van der Waals surface area contributed by atoms with Gasteiger partial charge in [-0.3, -0.25) is 9.78 Å². The van der Waals surface area contributed by atoms with Gasteiger partial charge in [0, 0.05) is 36.3 Å². The number of carbonyl (C=O) groups is 1. The number of hydrogen-bond donors (Lipinski definition) is 1. The fourth-order valence-corrected chi connectivity index (χ4v) is 3.38. The van der Waals surface area contributed by atoms with Crippen molar-refractivity contribution >= 4 is 16.8 Å². The standard InChI is InChI=1S/C18H18N4O2/c1-11-16-14(18(24)21(2)20-16)7-9-22(11)17(23)13-5-6-15-12(10-13)4-3-8-19-15/h3-6,8,10-11,24H,7,9H2,1-2H3. The largest absolute Gasteiger partial charge is 0.493 e. The van der Waals surface area contributed by atoms with Crippen LogP contribution in [0.15, 0.2) is 36.5 Å². The molecule has 0 radical (unpaired) electrons. The van der Waals surface area contributed by atoms with Crippen LogP contribution in [0.1, 0.15) is 34.6 Å². The number of hydrogen-bond acceptors (Lipinski definition) is 4. The summed E-state index contributed by atoms with van der Waals surface area (Å²) in [5.41, 5.74) is 3.14. The summed E-state index contributed by atoms with van der Waals surface area (Å²) in [5.74, 6) is 0.171. The molecule has 0 fully saturated rings. The Morgan fingerprint density at radius 1 is 1.33 bits per heavy atom. The summed E-state index contributed by atoms with van der Waals surface area (Å²) in [5, 5.41) is 15.4. The van der Waals surface area contributed by atoms with Crippen molar-refractivity contribution in [2.24, 2.45) is 7.05 Å². The highest BCUT2D eigenvalue weighted by Crippen LogP contribution is 2.34. The number of benzene rings is 1. The van der Waals surface area contributed by atoms with Crippen LogP contribution in [0.25, 0.3) is 10.9 Å². The van der Waals surface area contributed by atoms with Gasteiger partial charge < -0.3 is 10.0 Å². The number of nitrogens with zero attached hydrogens (tertiary/aromatic N) is 4. The van der Waals surface area contributed by atoms with Gasteiger partial charge in [0.25, 0.3) is 5.91 Å². The van der Waals surface area contributed by atoms with Gasteiger partial charge >= 0.3 is 0 Å². The summed E-state index contributed by atoms with van der Waals surface area (Å²) in [6.45, 7) is 2.52. The number of pyridine rings is 1. The molecule has 1 aliphatic heterocycles. The first kappa shape index (κ1) is 14.7. The van der Waals surface area contributed by atoms with Crippen LogP contribution in [0.5, 0.6) is 5.88 Å². The van der Waals surface area contributed by atoms with Gasteiger partial charge in [-0.1, -0.05) is 6.07 Å². The molecule has 1 amide bonds. The summed E-state index contributed by atoms with van der Waals surface area (Å²) in [4.78, 5) is 19.1. The number of carbonyl (C=O) groups excluding carboxylic acids is 1. The minimum Gasteiger partial charge on any atom is -0.493 e. The smallest absolute Gasteiger partial charge is 0.254 e. The van der Waals surface area contributed by atoms with Crippen LogP contribution < -0.4 is 0 Å². The number of amides is 1. The Balaban J connectivity index is 1.69. The predicted molar refractivity (Wildman–Crippen MR) is 89.8 cm³/mol. The Morgan fingerprint density at radius 2 is 2.17 bits per heavy atom. The number of aryl methyl sites for hydroxylation is 1. The van der Waals surface area contributed by atoms with E-state index in [0.29, 0.717) is 18.5 Å². The first-order valence-electron chi connectivity index (χ1n) is 7.96. The minimum absolute atomic E-state index is 0.0240. The molecule has 0 bridgehead atoms. The molecule has 0 saturated carbocycles. The average molecular weight is 322 g/mol. The molecule has 6 nitrogen and oxygen atoms in total. The third-order valence-electron chi connectivity index (χ3n) is 4.72. The number of fused-ring (bicyclic) bond motifs is 2. The van der Waals surface area contributed by atoms with Crippen molar-refractivity contribution in [2.75, 3.05) is 6.54 Å². The SMILES string of the molecule is CC1c2nn(C)c(O)c2CCN1C(=O)c1ccc2ncccc2c1. The zero-order chi connectivity index (χ0) is 16.8. The van der Waals surface area contributed by atoms with Gasteiger partial charge in [-0.15, -0.1) is 0 Å². The minimum atomic E-state index is -0.169. The van der Waals surface area contributed by atoms with E-state index >= 15 is 0 Å². The average Bonchev–Trinajstić information content (AvgIpc) is 2.90. The fraction of sp³-hybridized carbons (Fsp3) is 0.278. The van der Waals surface area contributed by atoms with Crippen molar-refractivity contribution in [2.45, 2.75) is 19.4 Å². The topological polar surface area (TPSA) is 71.2 Å². The van der Waals surface area contributed by atoms with Crippen molar-refractivity contribution in [1.82, 2.24) is 19.7 Å². The first-order valence-corrected chi connectivity index (χ1v) is 7.96. The van der Waals surface area contributed by atoms with E-state index in [1.807, 2.05) is 42.2 Å². The Morgan fingerprint density at radius 3 is 3.00 bits per heavy atom. The van der Waals surface area contributed by atoms with Crippen LogP contribution in [-0.2, 0) is 13.5 Å². The molecule has 1 aromatic carbocycles. The zero-order valence-corrected chi connectivity index (χ0v) is 13.6. The third-order valence-corrected chi connectivity index (χ3v) is 4.72. The molecule has 1 atom stereocenters. The second kappa shape index (κ2) is 5.33. The van der Waals surface area contributed by atoms with E-state index in [-0.39, 0.29) is 17.8 Å². The van der Waals surface area contributed by atoms with Crippen LogP contribution in [0.3, 0.4) is 0 Å². The lowest BCUT2D eigenvalue weighted by molar-refractivity contribution is 0.0673. The van der Waals surface area contributed by atoms with Crippen LogP contribution >= 0.6 is 0 Å². The second-order valence-electron chi connectivity index (χ2n) is 6.15. The molecular weight excluding hydrogens is 304 g/mol. The van der Waals surface area contributed by atoms with Gasteiger partial charge in [-0.05, 0) is 37.6 Å². The van der Waals surface area contributed by atoms with Crippen LogP contribution in [0, 0.1) is 0 Å². The van der Waals surface area contributed by atoms with Gasteiger partial charge in [0.2, 0.25) is 5.88 Å². The van der Waals surface area contributed by atoms with Crippen molar-refractivity contribution < 1.29 is 9.90 Å².